The van der Waals surface area contributed by atoms with Gasteiger partial charge in [-0.1, -0.05) is 34.1 Å². The Morgan fingerprint density at radius 2 is 1.96 bits per heavy atom. The number of phenols is 1. The van der Waals surface area contributed by atoms with Crippen molar-refractivity contribution in [3.05, 3.63) is 74.6 Å². The van der Waals surface area contributed by atoms with Crippen LogP contribution in [0.2, 0.25) is 0 Å². The molecule has 0 aliphatic rings. The van der Waals surface area contributed by atoms with E-state index >= 15 is 0 Å². The van der Waals surface area contributed by atoms with Crippen molar-refractivity contribution in [2.75, 3.05) is 0 Å². The summed E-state index contributed by atoms with van der Waals surface area (Å²) in [5, 5.41) is 25.2. The highest BCUT2D eigenvalue weighted by Gasteiger charge is 2.22. The fourth-order valence-corrected chi connectivity index (χ4v) is 3.55. The molecular formula is C20H13BrN4O2. The smallest absolute Gasteiger partial charge is 0.268 e. The first-order chi connectivity index (χ1) is 13.0. The van der Waals surface area contributed by atoms with Crippen molar-refractivity contribution in [2.24, 2.45) is 0 Å². The number of hydrogen-bond acceptors (Lipinski definition) is 4. The van der Waals surface area contributed by atoms with Crippen molar-refractivity contribution in [3.8, 4) is 28.6 Å². The lowest BCUT2D eigenvalue weighted by Crippen LogP contribution is -2.13. The highest BCUT2D eigenvalue weighted by Crippen LogP contribution is 2.38. The number of phenolic OH excluding ortho intramolecular Hbond substituents is 1. The molecule has 0 unspecified atom stereocenters. The van der Waals surface area contributed by atoms with E-state index in [4.69, 9.17) is 0 Å². The maximum absolute atomic E-state index is 12.6. The first kappa shape index (κ1) is 17.1. The van der Waals surface area contributed by atoms with Crippen LogP contribution < -0.4 is 5.56 Å². The van der Waals surface area contributed by atoms with Gasteiger partial charge in [-0.25, -0.2) is 4.68 Å². The van der Waals surface area contributed by atoms with Gasteiger partial charge in [0.1, 0.15) is 23.0 Å². The average molecular weight is 421 g/mol. The molecule has 0 bridgehead atoms. The molecule has 4 aromatic rings. The Hall–Kier alpha value is -3.37. The zero-order valence-electron chi connectivity index (χ0n) is 14.2. The number of H-pyrrole nitrogens is 1. The van der Waals surface area contributed by atoms with Gasteiger partial charge in [-0.3, -0.25) is 4.79 Å². The van der Waals surface area contributed by atoms with E-state index in [-0.39, 0.29) is 11.3 Å². The molecule has 0 amide bonds. The molecule has 0 fully saturated rings. The summed E-state index contributed by atoms with van der Waals surface area (Å²) in [7, 11) is 0. The fraction of sp³-hybridized carbons (Fsp3) is 0.0500. The van der Waals surface area contributed by atoms with Gasteiger partial charge in [0.15, 0.2) is 0 Å². The summed E-state index contributed by atoms with van der Waals surface area (Å²) in [5.74, 6) is -0.0199. The van der Waals surface area contributed by atoms with Crippen LogP contribution in [0.15, 0.2) is 57.8 Å². The van der Waals surface area contributed by atoms with E-state index in [0.717, 1.165) is 10.2 Å². The second-order valence-corrected chi connectivity index (χ2v) is 6.95. The Morgan fingerprint density at radius 1 is 1.22 bits per heavy atom. The number of benzene rings is 2. The van der Waals surface area contributed by atoms with Gasteiger partial charge in [0, 0.05) is 21.0 Å². The van der Waals surface area contributed by atoms with Crippen LogP contribution in [0.3, 0.4) is 0 Å². The van der Waals surface area contributed by atoms with Gasteiger partial charge in [-0.15, -0.1) is 0 Å². The van der Waals surface area contributed by atoms with Gasteiger partial charge in [-0.2, -0.15) is 10.4 Å². The highest BCUT2D eigenvalue weighted by molar-refractivity contribution is 9.10. The van der Waals surface area contributed by atoms with Crippen LogP contribution in [0.1, 0.15) is 11.3 Å². The number of rotatable bonds is 2. The van der Waals surface area contributed by atoms with Crippen LogP contribution in [0.5, 0.6) is 5.75 Å². The Morgan fingerprint density at radius 3 is 2.67 bits per heavy atom. The number of fused-ring (bicyclic) bond motifs is 1. The zero-order chi connectivity index (χ0) is 19.1. The number of nitrogens with one attached hydrogen (secondary N) is 1. The monoisotopic (exact) mass is 420 g/mol. The van der Waals surface area contributed by atoms with E-state index in [0.29, 0.717) is 27.9 Å². The molecule has 2 heterocycles. The summed E-state index contributed by atoms with van der Waals surface area (Å²) in [5.41, 5.74) is 2.05. The number of aromatic hydroxyl groups is 1. The third kappa shape index (κ3) is 2.71. The number of hydrogen-bond donors (Lipinski definition) is 2. The van der Waals surface area contributed by atoms with Crippen LogP contribution >= 0.6 is 15.9 Å². The van der Waals surface area contributed by atoms with Gasteiger partial charge in [0.2, 0.25) is 0 Å². The highest BCUT2D eigenvalue weighted by atomic mass is 79.9. The van der Waals surface area contributed by atoms with Gasteiger partial charge < -0.3 is 10.1 Å². The molecule has 0 spiro atoms. The second kappa shape index (κ2) is 6.41. The van der Waals surface area contributed by atoms with Crippen LogP contribution in [0.25, 0.3) is 27.8 Å². The molecule has 2 N–H and O–H groups in total. The first-order valence-electron chi connectivity index (χ1n) is 8.11. The lowest BCUT2D eigenvalue weighted by molar-refractivity contribution is 0.477. The summed E-state index contributed by atoms with van der Waals surface area (Å²) >= 11 is 3.38. The molecule has 7 heteroatoms. The van der Waals surface area contributed by atoms with Crippen LogP contribution in [-0.4, -0.2) is 19.9 Å². The number of aromatic amines is 1. The van der Waals surface area contributed by atoms with E-state index in [2.05, 4.69) is 26.0 Å². The largest absolute Gasteiger partial charge is 0.507 e. The minimum Gasteiger partial charge on any atom is -0.507 e. The van der Waals surface area contributed by atoms with E-state index in [1.165, 1.54) is 6.07 Å². The van der Waals surface area contributed by atoms with Crippen molar-refractivity contribution in [1.29, 1.82) is 5.26 Å². The fourth-order valence-electron chi connectivity index (χ4n) is 3.19. The van der Waals surface area contributed by atoms with Gasteiger partial charge >= 0.3 is 0 Å². The Balaban J connectivity index is 2.19. The van der Waals surface area contributed by atoms with E-state index in [1.54, 1.807) is 23.7 Å². The number of pyridine rings is 1. The van der Waals surface area contributed by atoms with Crippen molar-refractivity contribution in [3.63, 3.8) is 0 Å². The Bertz CT molecular complexity index is 1280. The number of halogens is 1. The molecule has 0 aliphatic heterocycles. The number of aromatic nitrogens is 3. The van der Waals surface area contributed by atoms with Crippen molar-refractivity contribution < 1.29 is 5.11 Å². The zero-order valence-corrected chi connectivity index (χ0v) is 15.8. The van der Waals surface area contributed by atoms with Crippen molar-refractivity contribution >= 4 is 27.0 Å². The Kier molecular flexibility index (Phi) is 4.05. The van der Waals surface area contributed by atoms with Gasteiger partial charge in [0.05, 0.1) is 11.4 Å². The van der Waals surface area contributed by atoms with E-state index in [9.17, 15) is 15.2 Å². The van der Waals surface area contributed by atoms with Gasteiger partial charge in [0.25, 0.3) is 5.56 Å². The summed E-state index contributed by atoms with van der Waals surface area (Å²) in [6.07, 6.45) is 0. The summed E-state index contributed by atoms with van der Waals surface area (Å²) in [4.78, 5) is 15.4. The molecule has 0 aliphatic carbocycles. The first-order valence-corrected chi connectivity index (χ1v) is 8.90. The molecule has 6 nitrogen and oxygen atoms in total. The summed E-state index contributed by atoms with van der Waals surface area (Å²) in [6, 6.07) is 16.3. The predicted octanol–water partition coefficient (Wildman–Crippen LogP) is 4.03. The lowest BCUT2D eigenvalue weighted by Gasteiger charge is -2.10. The quantitative estimate of drug-likeness (QED) is 0.511. The molecule has 132 valence electrons. The molecular weight excluding hydrogens is 408 g/mol. The minimum absolute atomic E-state index is 0.0199. The van der Waals surface area contributed by atoms with E-state index in [1.807, 2.05) is 36.4 Å². The van der Waals surface area contributed by atoms with Gasteiger partial charge in [-0.05, 0) is 37.3 Å². The molecule has 27 heavy (non-hydrogen) atoms. The molecule has 0 atom stereocenters. The summed E-state index contributed by atoms with van der Waals surface area (Å²) in [6.45, 7) is 1.81. The third-order valence-corrected chi connectivity index (χ3v) is 4.85. The molecule has 0 radical (unpaired) electrons. The standard InChI is InChI=1S/C20H13BrN4O2/c1-11-17-18(14-9-12(21)7-8-16(14)26)15(10-22)20(27)23-19(17)25(24-11)13-5-3-2-4-6-13/h2-9,26H,1H3,(H,23,27). The number of nitriles is 1. The normalized spacial score (nSPS) is 10.9. The molecule has 0 saturated heterocycles. The molecule has 0 saturated carbocycles. The van der Waals surface area contributed by atoms with Crippen LogP contribution in [0.4, 0.5) is 0 Å². The minimum atomic E-state index is -0.531. The topological polar surface area (TPSA) is 94.7 Å². The maximum Gasteiger partial charge on any atom is 0.268 e. The number of aryl methyl sites for hydroxylation is 1. The maximum atomic E-state index is 12.6. The van der Waals surface area contributed by atoms with Crippen molar-refractivity contribution in [2.45, 2.75) is 6.92 Å². The number of para-hydroxylation sites is 1. The Labute approximate surface area is 162 Å². The van der Waals surface area contributed by atoms with E-state index < -0.39 is 5.56 Å². The summed E-state index contributed by atoms with van der Waals surface area (Å²) < 4.78 is 2.35. The SMILES string of the molecule is Cc1nn(-c2ccccc2)c2[nH]c(=O)c(C#N)c(-c3cc(Br)ccc3O)c12. The van der Waals surface area contributed by atoms with Crippen LogP contribution in [-0.2, 0) is 0 Å². The predicted molar refractivity (Wildman–Crippen MR) is 106 cm³/mol. The average Bonchev–Trinajstić information content (AvgIpc) is 2.99. The molecule has 4 rings (SSSR count). The van der Waals surface area contributed by atoms with Crippen LogP contribution in [0, 0.1) is 18.3 Å². The number of nitrogens with zero attached hydrogens (tertiary/aromatic N) is 3. The third-order valence-electron chi connectivity index (χ3n) is 4.36. The lowest BCUT2D eigenvalue weighted by atomic mass is 9.97. The second-order valence-electron chi connectivity index (χ2n) is 6.03. The van der Waals surface area contributed by atoms with Crippen molar-refractivity contribution in [1.82, 2.24) is 14.8 Å². The molecule has 2 aromatic carbocycles. The molecule has 2 aromatic heterocycles.